The molecule has 0 bridgehead atoms. The maximum Gasteiger partial charge on any atom is 0.243 e. The van der Waals surface area contributed by atoms with E-state index in [9.17, 15) is 17.2 Å². The molecule has 2 heterocycles. The molecule has 6 nitrogen and oxygen atoms in total. The van der Waals surface area contributed by atoms with Gasteiger partial charge in [0.05, 0.1) is 11.4 Å². The molecular formula is C16H16F2N4O2S2. The number of sulfonamides is 1. The number of aromatic nitrogens is 3. The van der Waals surface area contributed by atoms with Crippen LogP contribution in [-0.2, 0) is 16.4 Å². The number of nitrogens with one attached hydrogen (secondary N) is 1. The number of halogens is 2. The third-order valence-corrected chi connectivity index (χ3v) is 5.95. The standard InChI is InChI=1S/C16H16F2N4O2S2/c1-10-7-11(2)22(21-10)16-20-13(9-25-16)5-6-19-26(23,24)15-4-3-12(17)8-14(15)18/h3-4,7-9,19H,5-6H2,1-2H3. The van der Waals surface area contributed by atoms with Crippen molar-refractivity contribution in [3.05, 3.63) is 58.4 Å². The number of thiazole rings is 1. The number of nitrogens with zero attached hydrogens (tertiary/aromatic N) is 3. The zero-order valence-electron chi connectivity index (χ0n) is 14.0. The molecule has 10 heteroatoms. The molecule has 0 atom stereocenters. The van der Waals surface area contributed by atoms with E-state index in [4.69, 9.17) is 0 Å². The van der Waals surface area contributed by atoms with E-state index in [-0.39, 0.29) is 6.54 Å². The van der Waals surface area contributed by atoms with Crippen LogP contribution in [0.25, 0.3) is 5.13 Å². The Morgan fingerprint density at radius 3 is 2.65 bits per heavy atom. The second-order valence-corrected chi connectivity index (χ2v) is 8.25. The predicted molar refractivity (Wildman–Crippen MR) is 94.0 cm³/mol. The summed E-state index contributed by atoms with van der Waals surface area (Å²) in [5.41, 5.74) is 2.53. The second-order valence-electron chi connectivity index (χ2n) is 5.68. The van der Waals surface area contributed by atoms with Gasteiger partial charge < -0.3 is 0 Å². The summed E-state index contributed by atoms with van der Waals surface area (Å²) in [5.74, 6) is -1.96. The average molecular weight is 398 g/mol. The number of aryl methyl sites for hydroxylation is 2. The molecule has 26 heavy (non-hydrogen) atoms. The Labute approximate surface area is 153 Å². The second kappa shape index (κ2) is 7.22. The molecule has 0 aliphatic rings. The Bertz CT molecular complexity index is 1040. The highest BCUT2D eigenvalue weighted by Crippen LogP contribution is 2.18. The number of benzene rings is 1. The molecule has 0 saturated carbocycles. The lowest BCUT2D eigenvalue weighted by Gasteiger charge is -2.07. The maximum absolute atomic E-state index is 13.6. The van der Waals surface area contributed by atoms with Crippen LogP contribution in [0.1, 0.15) is 17.1 Å². The maximum atomic E-state index is 13.6. The molecule has 1 aromatic carbocycles. The summed E-state index contributed by atoms with van der Waals surface area (Å²) in [6, 6.07) is 4.28. The largest absolute Gasteiger partial charge is 0.243 e. The van der Waals surface area contributed by atoms with Gasteiger partial charge >= 0.3 is 0 Å². The summed E-state index contributed by atoms with van der Waals surface area (Å²) in [4.78, 5) is 3.85. The molecule has 3 aromatic rings. The SMILES string of the molecule is Cc1cc(C)n(-c2nc(CCNS(=O)(=O)c3ccc(F)cc3F)cs2)n1. The van der Waals surface area contributed by atoms with Crippen molar-refractivity contribution in [2.75, 3.05) is 6.54 Å². The van der Waals surface area contributed by atoms with Crippen molar-refractivity contribution >= 4 is 21.4 Å². The van der Waals surface area contributed by atoms with Crippen molar-refractivity contribution < 1.29 is 17.2 Å². The van der Waals surface area contributed by atoms with Crippen molar-refractivity contribution in [1.82, 2.24) is 19.5 Å². The van der Waals surface area contributed by atoms with Crippen LogP contribution in [0.15, 0.2) is 34.5 Å². The lowest BCUT2D eigenvalue weighted by atomic mass is 10.3. The summed E-state index contributed by atoms with van der Waals surface area (Å²) in [6.45, 7) is 3.85. The molecule has 0 radical (unpaired) electrons. The molecule has 0 saturated heterocycles. The first kappa shape index (κ1) is 18.6. The Kier molecular flexibility index (Phi) is 5.17. The fourth-order valence-electron chi connectivity index (χ4n) is 2.42. The summed E-state index contributed by atoms with van der Waals surface area (Å²) >= 11 is 1.40. The highest BCUT2D eigenvalue weighted by atomic mass is 32.2. The van der Waals surface area contributed by atoms with Crippen LogP contribution < -0.4 is 4.72 Å². The fourth-order valence-corrected chi connectivity index (χ4v) is 4.37. The van der Waals surface area contributed by atoms with Gasteiger partial charge in [-0.1, -0.05) is 0 Å². The number of hydrogen-bond donors (Lipinski definition) is 1. The van der Waals surface area contributed by atoms with Gasteiger partial charge in [-0.15, -0.1) is 11.3 Å². The van der Waals surface area contributed by atoms with Crippen molar-refractivity contribution in [3.63, 3.8) is 0 Å². The predicted octanol–water partition coefficient (Wildman–Crippen LogP) is 2.74. The smallest absolute Gasteiger partial charge is 0.223 e. The lowest BCUT2D eigenvalue weighted by molar-refractivity contribution is 0.543. The topological polar surface area (TPSA) is 76.9 Å². The lowest BCUT2D eigenvalue weighted by Crippen LogP contribution is -2.27. The Balaban J connectivity index is 1.66. The monoisotopic (exact) mass is 398 g/mol. The van der Waals surface area contributed by atoms with Crippen molar-refractivity contribution in [3.8, 4) is 5.13 Å². The third-order valence-electron chi connectivity index (χ3n) is 3.59. The van der Waals surface area contributed by atoms with E-state index >= 15 is 0 Å². The van der Waals surface area contributed by atoms with Gasteiger partial charge in [-0.05, 0) is 32.0 Å². The van der Waals surface area contributed by atoms with Crippen LogP contribution in [0.5, 0.6) is 0 Å². The molecule has 2 aromatic heterocycles. The summed E-state index contributed by atoms with van der Waals surface area (Å²) in [5, 5.41) is 6.86. The van der Waals surface area contributed by atoms with E-state index in [1.54, 1.807) is 4.68 Å². The van der Waals surface area contributed by atoms with Crippen LogP contribution in [0.4, 0.5) is 8.78 Å². The van der Waals surface area contributed by atoms with E-state index in [0.29, 0.717) is 23.3 Å². The van der Waals surface area contributed by atoms with Crippen molar-refractivity contribution in [2.45, 2.75) is 25.2 Å². The zero-order chi connectivity index (χ0) is 18.9. The molecule has 0 aliphatic heterocycles. The Morgan fingerprint density at radius 1 is 1.23 bits per heavy atom. The molecule has 0 unspecified atom stereocenters. The highest BCUT2D eigenvalue weighted by molar-refractivity contribution is 7.89. The fraction of sp³-hybridized carbons (Fsp3) is 0.250. The quantitative estimate of drug-likeness (QED) is 0.693. The van der Waals surface area contributed by atoms with E-state index in [2.05, 4.69) is 14.8 Å². The molecule has 138 valence electrons. The van der Waals surface area contributed by atoms with Crippen molar-refractivity contribution in [2.24, 2.45) is 0 Å². The van der Waals surface area contributed by atoms with Crippen LogP contribution in [0.2, 0.25) is 0 Å². The van der Waals surface area contributed by atoms with Gasteiger partial charge in [-0.2, -0.15) is 5.10 Å². The van der Waals surface area contributed by atoms with Gasteiger partial charge in [0, 0.05) is 30.1 Å². The normalized spacial score (nSPS) is 11.8. The first-order chi connectivity index (χ1) is 12.3. The molecular weight excluding hydrogens is 382 g/mol. The molecule has 0 aliphatic carbocycles. The van der Waals surface area contributed by atoms with Crippen LogP contribution in [-0.4, -0.2) is 29.7 Å². The van der Waals surface area contributed by atoms with Gasteiger partial charge in [0.15, 0.2) is 0 Å². The van der Waals surface area contributed by atoms with Gasteiger partial charge in [0.25, 0.3) is 0 Å². The van der Waals surface area contributed by atoms with Crippen LogP contribution in [0.3, 0.4) is 0 Å². The van der Waals surface area contributed by atoms with Gasteiger partial charge in [0.2, 0.25) is 15.2 Å². The third kappa shape index (κ3) is 3.97. The molecule has 0 spiro atoms. The summed E-state index contributed by atoms with van der Waals surface area (Å²) in [6.07, 6.45) is 0.331. The number of rotatable bonds is 6. The van der Waals surface area contributed by atoms with Crippen LogP contribution >= 0.6 is 11.3 Å². The Hall–Kier alpha value is -2.17. The molecule has 0 amide bonds. The minimum atomic E-state index is -4.06. The minimum absolute atomic E-state index is 0.0411. The first-order valence-electron chi connectivity index (χ1n) is 7.69. The van der Waals surface area contributed by atoms with Crippen LogP contribution in [0, 0.1) is 25.5 Å². The van der Waals surface area contributed by atoms with E-state index in [0.717, 1.165) is 23.5 Å². The zero-order valence-corrected chi connectivity index (χ0v) is 15.7. The van der Waals surface area contributed by atoms with Gasteiger partial charge in [-0.25, -0.2) is 31.6 Å². The summed E-state index contributed by atoms with van der Waals surface area (Å²) in [7, 11) is -4.06. The average Bonchev–Trinajstić information content (AvgIpc) is 3.12. The van der Waals surface area contributed by atoms with E-state index < -0.39 is 26.6 Å². The minimum Gasteiger partial charge on any atom is -0.223 e. The highest BCUT2D eigenvalue weighted by Gasteiger charge is 2.19. The molecule has 0 fully saturated rings. The van der Waals surface area contributed by atoms with E-state index in [1.165, 1.54) is 11.3 Å². The van der Waals surface area contributed by atoms with E-state index in [1.807, 2.05) is 25.3 Å². The first-order valence-corrected chi connectivity index (χ1v) is 10.1. The van der Waals surface area contributed by atoms with Crippen molar-refractivity contribution in [1.29, 1.82) is 0 Å². The molecule has 3 rings (SSSR count). The number of hydrogen-bond acceptors (Lipinski definition) is 5. The van der Waals surface area contributed by atoms with Gasteiger partial charge in [-0.3, -0.25) is 0 Å². The Morgan fingerprint density at radius 2 is 2.00 bits per heavy atom. The molecule has 1 N–H and O–H groups in total. The van der Waals surface area contributed by atoms with Gasteiger partial charge in [0.1, 0.15) is 16.5 Å². The summed E-state index contributed by atoms with van der Waals surface area (Å²) < 4.78 is 54.8.